The number of hydrogen-bond donors (Lipinski definition) is 1. The van der Waals surface area contributed by atoms with Crippen LogP contribution in [0.3, 0.4) is 0 Å². The van der Waals surface area contributed by atoms with Gasteiger partial charge in [-0.25, -0.2) is 13.6 Å². The SMILES string of the molecule is CC(C)(C)OC(=O)N1CC[C@H](N)c2c(F)cc(F)cc2C1. The predicted molar refractivity (Wildman–Crippen MR) is 74.5 cm³/mol. The Morgan fingerprint density at radius 3 is 2.67 bits per heavy atom. The molecule has 1 aliphatic heterocycles. The van der Waals surface area contributed by atoms with Gasteiger partial charge in [-0.1, -0.05) is 0 Å². The van der Waals surface area contributed by atoms with Gasteiger partial charge in [0.05, 0.1) is 0 Å². The zero-order valence-corrected chi connectivity index (χ0v) is 12.5. The van der Waals surface area contributed by atoms with Crippen LogP contribution < -0.4 is 5.73 Å². The fourth-order valence-electron chi connectivity index (χ4n) is 2.39. The summed E-state index contributed by atoms with van der Waals surface area (Å²) < 4.78 is 32.6. The maximum Gasteiger partial charge on any atom is 0.410 e. The summed E-state index contributed by atoms with van der Waals surface area (Å²) in [6.07, 6.45) is -0.110. The van der Waals surface area contributed by atoms with Crippen molar-refractivity contribution in [2.75, 3.05) is 6.54 Å². The second kappa shape index (κ2) is 5.60. The van der Waals surface area contributed by atoms with Crippen molar-refractivity contribution in [1.29, 1.82) is 0 Å². The van der Waals surface area contributed by atoms with Crippen LogP contribution in [0.5, 0.6) is 0 Å². The van der Waals surface area contributed by atoms with Crippen LogP contribution in [0.15, 0.2) is 12.1 Å². The van der Waals surface area contributed by atoms with Crippen LogP contribution in [0.4, 0.5) is 13.6 Å². The molecule has 0 bridgehead atoms. The molecule has 116 valence electrons. The van der Waals surface area contributed by atoms with Crippen molar-refractivity contribution in [3.8, 4) is 0 Å². The lowest BCUT2D eigenvalue weighted by atomic mass is 9.99. The predicted octanol–water partition coefficient (Wildman–Crippen LogP) is 3.11. The first-order valence-corrected chi connectivity index (χ1v) is 6.88. The fourth-order valence-corrected chi connectivity index (χ4v) is 2.39. The lowest BCUT2D eigenvalue weighted by Gasteiger charge is -2.26. The van der Waals surface area contributed by atoms with Crippen molar-refractivity contribution in [2.24, 2.45) is 5.73 Å². The quantitative estimate of drug-likeness (QED) is 0.800. The number of nitrogens with two attached hydrogens (primary N) is 1. The molecule has 0 aliphatic carbocycles. The topological polar surface area (TPSA) is 55.6 Å². The molecule has 0 aromatic heterocycles. The van der Waals surface area contributed by atoms with Crippen molar-refractivity contribution >= 4 is 6.09 Å². The molecule has 1 amide bonds. The number of halogens is 2. The molecule has 1 aromatic rings. The van der Waals surface area contributed by atoms with Gasteiger partial charge in [-0.3, -0.25) is 0 Å². The minimum absolute atomic E-state index is 0.0899. The van der Waals surface area contributed by atoms with E-state index < -0.39 is 29.4 Å². The zero-order valence-electron chi connectivity index (χ0n) is 12.5. The zero-order chi connectivity index (χ0) is 15.8. The molecule has 21 heavy (non-hydrogen) atoms. The van der Waals surface area contributed by atoms with Gasteiger partial charge in [0.15, 0.2) is 0 Å². The van der Waals surface area contributed by atoms with Crippen LogP contribution in [-0.4, -0.2) is 23.1 Å². The monoisotopic (exact) mass is 298 g/mol. The Kier molecular flexibility index (Phi) is 4.18. The van der Waals surface area contributed by atoms with Gasteiger partial charge in [0, 0.05) is 30.8 Å². The number of fused-ring (bicyclic) bond motifs is 1. The van der Waals surface area contributed by atoms with Crippen LogP contribution in [0.1, 0.15) is 44.4 Å². The lowest BCUT2D eigenvalue weighted by molar-refractivity contribution is 0.0234. The second-order valence-electron chi connectivity index (χ2n) is 6.26. The highest BCUT2D eigenvalue weighted by atomic mass is 19.1. The highest BCUT2D eigenvalue weighted by Crippen LogP contribution is 2.29. The second-order valence-corrected chi connectivity index (χ2v) is 6.26. The summed E-state index contributed by atoms with van der Waals surface area (Å²) in [6, 6.07) is 1.48. The first-order chi connectivity index (χ1) is 9.67. The molecule has 0 saturated heterocycles. The summed E-state index contributed by atoms with van der Waals surface area (Å²) in [5.74, 6) is -1.34. The molecule has 0 fully saturated rings. The van der Waals surface area contributed by atoms with E-state index in [0.29, 0.717) is 18.5 Å². The maximum atomic E-state index is 13.9. The number of carbonyl (C=O) groups excluding carboxylic acids is 1. The van der Waals surface area contributed by atoms with E-state index in [0.717, 1.165) is 6.07 Å². The maximum absolute atomic E-state index is 13.9. The number of hydrogen-bond acceptors (Lipinski definition) is 3. The van der Waals surface area contributed by atoms with Crippen LogP contribution in [-0.2, 0) is 11.3 Å². The summed E-state index contributed by atoms with van der Waals surface area (Å²) in [7, 11) is 0. The average Bonchev–Trinajstić information content (AvgIpc) is 2.46. The number of nitrogens with zero attached hydrogens (tertiary/aromatic N) is 1. The Balaban J connectivity index is 2.29. The summed E-state index contributed by atoms with van der Waals surface area (Å²) in [5.41, 5.74) is 5.99. The van der Waals surface area contributed by atoms with Crippen LogP contribution >= 0.6 is 0 Å². The van der Waals surface area contributed by atoms with Crippen molar-refractivity contribution < 1.29 is 18.3 Å². The molecular weight excluding hydrogens is 278 g/mol. The van der Waals surface area contributed by atoms with Gasteiger partial charge in [0.25, 0.3) is 0 Å². The lowest BCUT2D eigenvalue weighted by Crippen LogP contribution is -2.36. The molecule has 0 spiro atoms. The van der Waals surface area contributed by atoms with E-state index in [9.17, 15) is 13.6 Å². The van der Waals surface area contributed by atoms with Crippen molar-refractivity contribution in [3.63, 3.8) is 0 Å². The van der Waals surface area contributed by atoms with E-state index in [1.54, 1.807) is 20.8 Å². The molecule has 0 radical (unpaired) electrons. The van der Waals surface area contributed by atoms with Crippen LogP contribution in [0, 0.1) is 11.6 Å². The third kappa shape index (κ3) is 3.69. The molecule has 2 N–H and O–H groups in total. The van der Waals surface area contributed by atoms with Crippen LogP contribution in [0.25, 0.3) is 0 Å². The number of ether oxygens (including phenoxy) is 1. The molecule has 4 nitrogen and oxygen atoms in total. The summed E-state index contributed by atoms with van der Waals surface area (Å²) in [4.78, 5) is 13.6. The normalized spacial score (nSPS) is 19.0. The largest absolute Gasteiger partial charge is 0.444 e. The minimum Gasteiger partial charge on any atom is -0.444 e. The van der Waals surface area contributed by atoms with E-state index in [-0.39, 0.29) is 12.1 Å². The molecule has 1 aromatic carbocycles. The number of carbonyl (C=O) groups is 1. The third-order valence-corrected chi connectivity index (χ3v) is 3.27. The molecule has 0 unspecified atom stereocenters. The highest BCUT2D eigenvalue weighted by Gasteiger charge is 2.28. The Bertz CT molecular complexity index is 555. The Labute approximate surface area is 122 Å². The molecule has 6 heteroatoms. The standard InChI is InChI=1S/C15H20F2N2O2/c1-15(2,3)21-14(20)19-5-4-12(18)13-9(8-19)6-10(16)7-11(13)17/h6-7,12H,4-5,8,18H2,1-3H3/t12-/m0/s1. The van der Waals surface area contributed by atoms with Gasteiger partial charge >= 0.3 is 6.09 Å². The first kappa shape index (κ1) is 15.7. The summed E-state index contributed by atoms with van der Waals surface area (Å²) >= 11 is 0. The van der Waals surface area contributed by atoms with Gasteiger partial charge < -0.3 is 15.4 Å². The smallest absolute Gasteiger partial charge is 0.410 e. The molecule has 1 aliphatic rings. The Morgan fingerprint density at radius 1 is 1.38 bits per heavy atom. The van der Waals surface area contributed by atoms with E-state index in [2.05, 4.69) is 0 Å². The van der Waals surface area contributed by atoms with Gasteiger partial charge in [-0.15, -0.1) is 0 Å². The van der Waals surface area contributed by atoms with Gasteiger partial charge in [0.2, 0.25) is 0 Å². The molecule has 0 saturated carbocycles. The average molecular weight is 298 g/mol. The van der Waals surface area contributed by atoms with Gasteiger partial charge in [0.1, 0.15) is 17.2 Å². The van der Waals surface area contributed by atoms with Gasteiger partial charge in [-0.2, -0.15) is 0 Å². The molecule has 1 heterocycles. The van der Waals surface area contributed by atoms with Crippen molar-refractivity contribution in [3.05, 3.63) is 34.9 Å². The summed E-state index contributed by atoms with van der Waals surface area (Å²) in [5, 5.41) is 0. The fraction of sp³-hybridized carbons (Fsp3) is 0.533. The molecule has 2 rings (SSSR count). The first-order valence-electron chi connectivity index (χ1n) is 6.88. The van der Waals surface area contributed by atoms with E-state index in [1.165, 1.54) is 11.0 Å². The van der Waals surface area contributed by atoms with E-state index in [1.807, 2.05) is 0 Å². The molecule has 1 atom stereocenters. The van der Waals surface area contributed by atoms with Crippen molar-refractivity contribution in [2.45, 2.75) is 45.4 Å². The van der Waals surface area contributed by atoms with E-state index >= 15 is 0 Å². The van der Waals surface area contributed by atoms with Crippen molar-refractivity contribution in [1.82, 2.24) is 4.90 Å². The number of benzene rings is 1. The number of amides is 1. The third-order valence-electron chi connectivity index (χ3n) is 3.27. The number of rotatable bonds is 0. The minimum atomic E-state index is -0.676. The van der Waals surface area contributed by atoms with Gasteiger partial charge in [-0.05, 0) is 38.8 Å². The highest BCUT2D eigenvalue weighted by molar-refractivity contribution is 5.68. The Morgan fingerprint density at radius 2 is 2.05 bits per heavy atom. The van der Waals surface area contributed by atoms with E-state index in [4.69, 9.17) is 10.5 Å². The molecular formula is C15H20F2N2O2. The van der Waals surface area contributed by atoms with Crippen LogP contribution in [0.2, 0.25) is 0 Å². The Hall–Kier alpha value is -1.69. The summed E-state index contributed by atoms with van der Waals surface area (Å²) in [6.45, 7) is 5.73.